The summed E-state index contributed by atoms with van der Waals surface area (Å²) in [5, 5.41) is 1.86. The zero-order chi connectivity index (χ0) is 13.1. The highest BCUT2D eigenvalue weighted by atomic mass is 79.9. The van der Waals surface area contributed by atoms with Gasteiger partial charge >= 0.3 is 5.97 Å². The van der Waals surface area contributed by atoms with E-state index in [1.165, 1.54) is 6.07 Å². The van der Waals surface area contributed by atoms with E-state index in [1.807, 2.05) is 0 Å². The Morgan fingerprint density at radius 1 is 1.56 bits per heavy atom. The number of halogens is 2. The number of benzene rings is 1. The Labute approximate surface area is 116 Å². The van der Waals surface area contributed by atoms with E-state index in [0.29, 0.717) is 17.9 Å². The molecule has 0 fully saturated rings. The summed E-state index contributed by atoms with van der Waals surface area (Å²) in [6.45, 7) is 2.01. The highest BCUT2D eigenvalue weighted by Gasteiger charge is 2.15. The molecule has 0 saturated carbocycles. The molecule has 6 heteroatoms. The lowest BCUT2D eigenvalue weighted by atomic mass is 10.1. The van der Waals surface area contributed by atoms with Crippen LogP contribution in [0.1, 0.15) is 16.7 Å². The molecule has 94 valence electrons. The van der Waals surface area contributed by atoms with Crippen LogP contribution in [0.3, 0.4) is 0 Å². The Balaban J connectivity index is 2.35. The molecule has 0 aliphatic heterocycles. The Morgan fingerprint density at radius 3 is 3.06 bits per heavy atom. The van der Waals surface area contributed by atoms with E-state index in [9.17, 15) is 9.18 Å². The summed E-state index contributed by atoms with van der Waals surface area (Å²) in [6.07, 6.45) is 0. The molecule has 0 radical (unpaired) electrons. The number of aromatic nitrogens is 1. The molecule has 0 spiro atoms. The summed E-state index contributed by atoms with van der Waals surface area (Å²) >= 11 is 4.41. The maximum atomic E-state index is 13.6. The molecular formula is C12H9BrFNO2S. The molecule has 0 saturated heterocycles. The van der Waals surface area contributed by atoms with Gasteiger partial charge in [0.25, 0.3) is 0 Å². The second-order valence-corrected chi connectivity index (χ2v) is 5.16. The number of esters is 1. The molecule has 1 aromatic heterocycles. The molecule has 0 aliphatic rings. The summed E-state index contributed by atoms with van der Waals surface area (Å²) in [5.74, 6) is -0.858. The Bertz CT molecular complexity index is 585. The van der Waals surface area contributed by atoms with Crippen molar-refractivity contribution in [1.29, 1.82) is 0 Å². The first-order valence-corrected chi connectivity index (χ1v) is 6.87. The van der Waals surface area contributed by atoms with Crippen molar-refractivity contribution in [2.75, 3.05) is 6.61 Å². The molecule has 0 unspecified atom stereocenters. The van der Waals surface area contributed by atoms with Gasteiger partial charge in [-0.2, -0.15) is 0 Å². The number of rotatable bonds is 3. The SMILES string of the molecule is CCOC(=O)c1nc(-c2cc(Br)ccc2F)cs1. The van der Waals surface area contributed by atoms with Crippen LogP contribution in [0.5, 0.6) is 0 Å². The second-order valence-electron chi connectivity index (χ2n) is 3.38. The Hall–Kier alpha value is -1.27. The summed E-state index contributed by atoms with van der Waals surface area (Å²) < 4.78 is 19.2. The van der Waals surface area contributed by atoms with Gasteiger partial charge in [0.1, 0.15) is 5.82 Å². The van der Waals surface area contributed by atoms with Gasteiger partial charge < -0.3 is 4.74 Å². The smallest absolute Gasteiger partial charge is 0.367 e. The van der Waals surface area contributed by atoms with E-state index in [1.54, 1.807) is 24.4 Å². The molecule has 0 aliphatic carbocycles. The third-order valence-corrected chi connectivity index (χ3v) is 3.47. The minimum atomic E-state index is -0.482. The minimum Gasteiger partial charge on any atom is -0.461 e. The molecule has 0 N–H and O–H groups in total. The molecule has 0 atom stereocenters. The normalized spacial score (nSPS) is 10.4. The number of hydrogen-bond donors (Lipinski definition) is 0. The van der Waals surface area contributed by atoms with Crippen LogP contribution in [-0.4, -0.2) is 17.6 Å². The first-order chi connectivity index (χ1) is 8.61. The van der Waals surface area contributed by atoms with E-state index < -0.39 is 5.97 Å². The average molecular weight is 330 g/mol. The lowest BCUT2D eigenvalue weighted by Crippen LogP contribution is -2.03. The third kappa shape index (κ3) is 2.76. The van der Waals surface area contributed by atoms with Gasteiger partial charge in [-0.3, -0.25) is 0 Å². The average Bonchev–Trinajstić information content (AvgIpc) is 2.82. The number of hydrogen-bond acceptors (Lipinski definition) is 4. The highest BCUT2D eigenvalue weighted by molar-refractivity contribution is 9.10. The molecule has 1 heterocycles. The molecule has 18 heavy (non-hydrogen) atoms. The zero-order valence-corrected chi connectivity index (χ0v) is 11.8. The van der Waals surface area contributed by atoms with E-state index in [4.69, 9.17) is 4.74 Å². The number of carbonyl (C=O) groups excluding carboxylic acids is 1. The maximum absolute atomic E-state index is 13.6. The fourth-order valence-corrected chi connectivity index (χ4v) is 2.45. The van der Waals surface area contributed by atoms with Crippen LogP contribution in [0, 0.1) is 5.82 Å². The fourth-order valence-electron chi connectivity index (χ4n) is 1.38. The topological polar surface area (TPSA) is 39.2 Å². The van der Waals surface area contributed by atoms with Gasteiger partial charge in [-0.1, -0.05) is 15.9 Å². The predicted molar refractivity (Wildman–Crippen MR) is 71.2 cm³/mol. The van der Waals surface area contributed by atoms with E-state index in [-0.39, 0.29) is 10.8 Å². The lowest BCUT2D eigenvalue weighted by Gasteiger charge is -2.00. The van der Waals surface area contributed by atoms with Crippen molar-refractivity contribution >= 4 is 33.2 Å². The lowest BCUT2D eigenvalue weighted by molar-refractivity contribution is 0.0526. The van der Waals surface area contributed by atoms with E-state index >= 15 is 0 Å². The number of carbonyl (C=O) groups is 1. The Morgan fingerprint density at radius 2 is 2.33 bits per heavy atom. The van der Waals surface area contributed by atoms with Gasteiger partial charge in [0.15, 0.2) is 0 Å². The van der Waals surface area contributed by atoms with E-state index in [2.05, 4.69) is 20.9 Å². The van der Waals surface area contributed by atoms with Gasteiger partial charge in [0.05, 0.1) is 12.3 Å². The minimum absolute atomic E-state index is 0.228. The maximum Gasteiger partial charge on any atom is 0.367 e. The van der Waals surface area contributed by atoms with Crippen LogP contribution in [0.15, 0.2) is 28.1 Å². The largest absolute Gasteiger partial charge is 0.461 e. The van der Waals surface area contributed by atoms with Crippen molar-refractivity contribution in [1.82, 2.24) is 4.98 Å². The first kappa shape index (κ1) is 13.2. The van der Waals surface area contributed by atoms with Crippen molar-refractivity contribution < 1.29 is 13.9 Å². The molecule has 3 nitrogen and oxygen atoms in total. The highest BCUT2D eigenvalue weighted by Crippen LogP contribution is 2.27. The quantitative estimate of drug-likeness (QED) is 0.802. The number of nitrogens with zero attached hydrogens (tertiary/aromatic N) is 1. The van der Waals surface area contributed by atoms with Crippen molar-refractivity contribution in [2.45, 2.75) is 6.92 Å². The molecule has 0 bridgehead atoms. The van der Waals surface area contributed by atoms with Gasteiger partial charge in [-0.25, -0.2) is 14.2 Å². The van der Waals surface area contributed by atoms with Gasteiger partial charge in [0.2, 0.25) is 5.01 Å². The monoisotopic (exact) mass is 329 g/mol. The number of ether oxygens (including phenoxy) is 1. The van der Waals surface area contributed by atoms with Crippen molar-refractivity contribution in [3.63, 3.8) is 0 Å². The predicted octanol–water partition coefficient (Wildman–Crippen LogP) is 3.89. The molecule has 1 aromatic carbocycles. The molecule has 2 aromatic rings. The summed E-state index contributed by atoms with van der Waals surface area (Å²) in [6, 6.07) is 4.58. The van der Waals surface area contributed by atoms with E-state index in [0.717, 1.165) is 15.8 Å². The summed E-state index contributed by atoms with van der Waals surface area (Å²) in [4.78, 5) is 15.5. The second kappa shape index (κ2) is 5.58. The molecule has 2 rings (SSSR count). The van der Waals surface area contributed by atoms with Crippen LogP contribution < -0.4 is 0 Å². The molecule has 0 amide bonds. The zero-order valence-electron chi connectivity index (χ0n) is 9.44. The van der Waals surface area contributed by atoms with Gasteiger partial charge in [-0.05, 0) is 25.1 Å². The van der Waals surface area contributed by atoms with Crippen LogP contribution in [0.2, 0.25) is 0 Å². The number of thiazole rings is 1. The summed E-state index contributed by atoms with van der Waals surface area (Å²) in [7, 11) is 0. The van der Waals surface area contributed by atoms with Crippen LogP contribution in [0.25, 0.3) is 11.3 Å². The van der Waals surface area contributed by atoms with Crippen LogP contribution >= 0.6 is 27.3 Å². The summed E-state index contributed by atoms with van der Waals surface area (Å²) in [5.41, 5.74) is 0.790. The van der Waals surface area contributed by atoms with Gasteiger partial charge in [-0.15, -0.1) is 11.3 Å². The van der Waals surface area contributed by atoms with Crippen molar-refractivity contribution in [3.05, 3.63) is 38.9 Å². The third-order valence-electron chi connectivity index (χ3n) is 2.16. The molecular weight excluding hydrogens is 321 g/mol. The standard InChI is InChI=1S/C12H9BrFNO2S/c1-2-17-12(16)11-15-10(6-18-11)8-5-7(13)3-4-9(8)14/h3-6H,2H2,1H3. The fraction of sp³-hybridized carbons (Fsp3) is 0.167. The van der Waals surface area contributed by atoms with Crippen molar-refractivity contribution in [3.8, 4) is 11.3 Å². The van der Waals surface area contributed by atoms with Gasteiger partial charge in [0, 0.05) is 15.4 Å². The van der Waals surface area contributed by atoms with Crippen molar-refractivity contribution in [2.24, 2.45) is 0 Å². The van der Waals surface area contributed by atoms with Crippen LogP contribution in [-0.2, 0) is 4.74 Å². The first-order valence-electron chi connectivity index (χ1n) is 5.20. The Kier molecular flexibility index (Phi) is 4.08. The van der Waals surface area contributed by atoms with Crippen LogP contribution in [0.4, 0.5) is 4.39 Å².